The standard InChI is InChI=1S/C14H17NO/c16-14-12-6-8-15(9-7-12)13(14)10-11-4-2-1-3-5-11/h1-5,10,12,14,16H,6-9H2/b13-10-. The molecule has 1 N–H and O–H groups in total. The van der Waals surface area contributed by atoms with E-state index in [4.69, 9.17) is 0 Å². The zero-order chi connectivity index (χ0) is 11.0. The number of nitrogens with zero attached hydrogens (tertiary/aromatic N) is 1. The molecule has 1 atom stereocenters. The van der Waals surface area contributed by atoms with E-state index in [0.717, 1.165) is 31.6 Å². The highest BCUT2D eigenvalue weighted by Crippen LogP contribution is 2.35. The van der Waals surface area contributed by atoms with Crippen molar-refractivity contribution in [3.63, 3.8) is 0 Å². The van der Waals surface area contributed by atoms with Gasteiger partial charge < -0.3 is 10.0 Å². The van der Waals surface area contributed by atoms with Crippen LogP contribution in [0.1, 0.15) is 18.4 Å². The van der Waals surface area contributed by atoms with Crippen LogP contribution in [0.3, 0.4) is 0 Å². The summed E-state index contributed by atoms with van der Waals surface area (Å²) in [6.45, 7) is 2.22. The third-order valence-electron chi connectivity index (χ3n) is 3.77. The first-order valence-electron chi connectivity index (χ1n) is 6.04. The molecular weight excluding hydrogens is 198 g/mol. The fourth-order valence-electron chi connectivity index (χ4n) is 2.80. The zero-order valence-electron chi connectivity index (χ0n) is 9.34. The Kier molecular flexibility index (Phi) is 2.44. The first-order chi connectivity index (χ1) is 7.84. The maximum Gasteiger partial charge on any atom is 0.0965 e. The van der Waals surface area contributed by atoms with Gasteiger partial charge in [0.15, 0.2) is 0 Å². The van der Waals surface area contributed by atoms with Crippen LogP contribution in [0.2, 0.25) is 0 Å². The van der Waals surface area contributed by atoms with Gasteiger partial charge in [0.25, 0.3) is 0 Å². The average molecular weight is 215 g/mol. The number of aliphatic hydroxyl groups is 1. The van der Waals surface area contributed by atoms with Crippen LogP contribution < -0.4 is 0 Å². The Hall–Kier alpha value is -1.28. The molecule has 2 heteroatoms. The second-order valence-electron chi connectivity index (χ2n) is 4.75. The van der Waals surface area contributed by atoms with Gasteiger partial charge >= 0.3 is 0 Å². The monoisotopic (exact) mass is 215 g/mol. The van der Waals surface area contributed by atoms with Gasteiger partial charge in [-0.15, -0.1) is 0 Å². The lowest BCUT2D eigenvalue weighted by Crippen LogP contribution is -2.48. The van der Waals surface area contributed by atoms with E-state index < -0.39 is 0 Å². The Labute approximate surface area is 96.2 Å². The molecule has 1 aromatic rings. The molecule has 3 heterocycles. The molecule has 1 unspecified atom stereocenters. The van der Waals surface area contributed by atoms with Crippen LogP contribution in [0.25, 0.3) is 6.08 Å². The van der Waals surface area contributed by atoms with Crippen LogP contribution in [0, 0.1) is 5.92 Å². The van der Waals surface area contributed by atoms with Crippen LogP contribution in [-0.4, -0.2) is 29.2 Å². The lowest BCUT2D eigenvalue weighted by atomic mass is 9.83. The molecule has 0 aliphatic carbocycles. The summed E-state index contributed by atoms with van der Waals surface area (Å²) in [5.74, 6) is 0.486. The normalized spacial score (nSPS) is 31.1. The van der Waals surface area contributed by atoms with E-state index in [2.05, 4.69) is 23.1 Å². The molecule has 3 fully saturated rings. The highest BCUT2D eigenvalue weighted by atomic mass is 16.3. The molecule has 0 amide bonds. The van der Waals surface area contributed by atoms with Crippen molar-refractivity contribution in [2.75, 3.05) is 13.1 Å². The summed E-state index contributed by atoms with van der Waals surface area (Å²) in [6.07, 6.45) is 4.18. The predicted molar refractivity (Wildman–Crippen MR) is 64.7 cm³/mol. The molecular formula is C14H17NO. The summed E-state index contributed by atoms with van der Waals surface area (Å²) in [5, 5.41) is 10.2. The largest absolute Gasteiger partial charge is 0.387 e. The lowest BCUT2D eigenvalue weighted by molar-refractivity contribution is 0.0215. The molecule has 3 aliphatic rings. The van der Waals surface area contributed by atoms with Crippen molar-refractivity contribution in [3.8, 4) is 0 Å². The van der Waals surface area contributed by atoms with Crippen LogP contribution in [0.5, 0.6) is 0 Å². The molecule has 1 aromatic carbocycles. The molecule has 16 heavy (non-hydrogen) atoms. The van der Waals surface area contributed by atoms with Gasteiger partial charge in [0.2, 0.25) is 0 Å². The minimum absolute atomic E-state index is 0.247. The summed E-state index contributed by atoms with van der Waals surface area (Å²) in [7, 11) is 0. The summed E-state index contributed by atoms with van der Waals surface area (Å²) >= 11 is 0. The minimum atomic E-state index is -0.247. The van der Waals surface area contributed by atoms with E-state index >= 15 is 0 Å². The van der Waals surface area contributed by atoms with Gasteiger partial charge in [-0.1, -0.05) is 30.3 Å². The maximum absolute atomic E-state index is 10.2. The van der Waals surface area contributed by atoms with Gasteiger partial charge in [-0.2, -0.15) is 0 Å². The summed E-state index contributed by atoms with van der Waals surface area (Å²) in [6, 6.07) is 10.3. The molecule has 0 radical (unpaired) electrons. The zero-order valence-corrected chi connectivity index (χ0v) is 9.34. The number of piperidine rings is 3. The van der Waals surface area contributed by atoms with E-state index in [1.165, 1.54) is 5.56 Å². The number of hydrogen-bond acceptors (Lipinski definition) is 2. The smallest absolute Gasteiger partial charge is 0.0965 e. The highest BCUT2D eigenvalue weighted by Gasteiger charge is 2.36. The highest BCUT2D eigenvalue weighted by molar-refractivity contribution is 5.54. The van der Waals surface area contributed by atoms with Gasteiger partial charge in [-0.25, -0.2) is 0 Å². The van der Waals surface area contributed by atoms with Crippen molar-refractivity contribution in [1.82, 2.24) is 4.90 Å². The SMILES string of the molecule is OC1/C(=C/c2ccccc2)N2CCC1CC2. The van der Waals surface area contributed by atoms with Gasteiger partial charge in [0, 0.05) is 18.8 Å². The van der Waals surface area contributed by atoms with Crippen molar-refractivity contribution in [2.24, 2.45) is 5.92 Å². The molecule has 0 aromatic heterocycles. The van der Waals surface area contributed by atoms with Crippen LogP contribution in [0.15, 0.2) is 36.0 Å². The van der Waals surface area contributed by atoms with Gasteiger partial charge in [0.05, 0.1) is 6.10 Å². The van der Waals surface area contributed by atoms with Crippen molar-refractivity contribution < 1.29 is 5.11 Å². The second-order valence-corrected chi connectivity index (χ2v) is 4.75. The Morgan fingerprint density at radius 3 is 2.44 bits per heavy atom. The van der Waals surface area contributed by atoms with Gasteiger partial charge in [0.1, 0.15) is 0 Å². The van der Waals surface area contributed by atoms with Crippen molar-refractivity contribution in [1.29, 1.82) is 0 Å². The fraction of sp³-hybridized carbons (Fsp3) is 0.429. The van der Waals surface area contributed by atoms with Crippen molar-refractivity contribution in [3.05, 3.63) is 41.6 Å². The minimum Gasteiger partial charge on any atom is -0.387 e. The Morgan fingerprint density at radius 2 is 1.81 bits per heavy atom. The van der Waals surface area contributed by atoms with E-state index in [0.29, 0.717) is 5.92 Å². The molecule has 0 spiro atoms. The third-order valence-corrected chi connectivity index (χ3v) is 3.77. The quantitative estimate of drug-likeness (QED) is 0.775. The number of rotatable bonds is 1. The Morgan fingerprint density at radius 1 is 1.12 bits per heavy atom. The summed E-state index contributed by atoms with van der Waals surface area (Å²) < 4.78 is 0. The number of fused-ring (bicyclic) bond motifs is 3. The molecule has 2 nitrogen and oxygen atoms in total. The third kappa shape index (κ3) is 1.63. The molecule has 2 bridgehead atoms. The molecule has 3 saturated heterocycles. The first kappa shape index (κ1) is 9.91. The molecule has 3 aliphatic heterocycles. The van der Waals surface area contributed by atoms with Gasteiger partial charge in [-0.3, -0.25) is 0 Å². The van der Waals surface area contributed by atoms with Crippen LogP contribution >= 0.6 is 0 Å². The topological polar surface area (TPSA) is 23.5 Å². The van der Waals surface area contributed by atoms with Gasteiger partial charge in [-0.05, 0) is 30.4 Å². The summed E-state index contributed by atoms with van der Waals surface area (Å²) in [5.41, 5.74) is 2.30. The molecule has 84 valence electrons. The Bertz CT molecular complexity index is 386. The molecule has 0 saturated carbocycles. The predicted octanol–water partition coefficient (Wildman–Crippen LogP) is 2.11. The van der Waals surface area contributed by atoms with Crippen molar-refractivity contribution >= 4 is 6.08 Å². The lowest BCUT2D eigenvalue weighted by Gasteiger charge is -2.45. The summed E-state index contributed by atoms with van der Waals surface area (Å²) in [4.78, 5) is 2.33. The second kappa shape index (κ2) is 3.95. The van der Waals surface area contributed by atoms with E-state index in [1.807, 2.05) is 18.2 Å². The number of benzene rings is 1. The van der Waals surface area contributed by atoms with E-state index in [9.17, 15) is 5.11 Å². The van der Waals surface area contributed by atoms with Crippen LogP contribution in [-0.2, 0) is 0 Å². The number of aliphatic hydroxyl groups excluding tert-OH is 1. The first-order valence-corrected chi connectivity index (χ1v) is 6.04. The number of hydrogen-bond donors (Lipinski definition) is 1. The van der Waals surface area contributed by atoms with Crippen LogP contribution in [0.4, 0.5) is 0 Å². The maximum atomic E-state index is 10.2. The van der Waals surface area contributed by atoms with Crippen molar-refractivity contribution in [2.45, 2.75) is 18.9 Å². The Balaban J connectivity index is 1.92. The van der Waals surface area contributed by atoms with E-state index in [-0.39, 0.29) is 6.10 Å². The van der Waals surface area contributed by atoms with E-state index in [1.54, 1.807) is 0 Å². The average Bonchev–Trinajstić information content (AvgIpc) is 2.36. The fourth-order valence-corrected chi connectivity index (χ4v) is 2.80. The molecule has 4 rings (SSSR count).